The Morgan fingerprint density at radius 2 is 2.06 bits per heavy atom. The molecule has 0 unspecified atom stereocenters. The summed E-state index contributed by atoms with van der Waals surface area (Å²) in [5, 5.41) is 8.77. The minimum atomic E-state index is -1.00. The molecule has 1 fully saturated rings. The lowest BCUT2D eigenvalue weighted by molar-refractivity contribution is -0.137. The first-order chi connectivity index (χ1) is 7.98. The van der Waals surface area contributed by atoms with Crippen LogP contribution in [-0.4, -0.2) is 18.2 Å². The van der Waals surface area contributed by atoms with E-state index in [1.165, 1.54) is 7.11 Å². The van der Waals surface area contributed by atoms with Crippen molar-refractivity contribution < 1.29 is 23.4 Å². The van der Waals surface area contributed by atoms with Crippen LogP contribution in [0.15, 0.2) is 12.1 Å². The van der Waals surface area contributed by atoms with Gasteiger partial charge in [0.05, 0.1) is 13.5 Å². The number of rotatable bonds is 4. The Balaban J connectivity index is 2.39. The van der Waals surface area contributed by atoms with E-state index < -0.39 is 23.0 Å². The second kappa shape index (κ2) is 3.98. The number of carboxylic acids is 1. The molecule has 2 rings (SSSR count). The Morgan fingerprint density at radius 1 is 1.41 bits per heavy atom. The summed E-state index contributed by atoms with van der Waals surface area (Å²) in [4.78, 5) is 10.7. The van der Waals surface area contributed by atoms with Gasteiger partial charge in [0.2, 0.25) is 0 Å². The van der Waals surface area contributed by atoms with Crippen LogP contribution in [0.3, 0.4) is 0 Å². The first-order valence-electron chi connectivity index (χ1n) is 5.24. The summed E-state index contributed by atoms with van der Waals surface area (Å²) in [6, 6.07) is 2.01. The summed E-state index contributed by atoms with van der Waals surface area (Å²) in [6.45, 7) is 0. The highest BCUT2D eigenvalue weighted by Crippen LogP contribution is 2.52. The zero-order valence-electron chi connectivity index (χ0n) is 9.30. The van der Waals surface area contributed by atoms with Gasteiger partial charge in [-0.15, -0.1) is 0 Å². The van der Waals surface area contributed by atoms with Crippen molar-refractivity contribution in [1.29, 1.82) is 0 Å². The molecule has 17 heavy (non-hydrogen) atoms. The van der Waals surface area contributed by atoms with Crippen LogP contribution >= 0.6 is 0 Å². The van der Waals surface area contributed by atoms with Crippen molar-refractivity contribution in [3.05, 3.63) is 29.3 Å². The summed E-state index contributed by atoms with van der Waals surface area (Å²) >= 11 is 0. The highest BCUT2D eigenvalue weighted by molar-refractivity contribution is 5.70. The van der Waals surface area contributed by atoms with Crippen LogP contribution in [0.4, 0.5) is 8.78 Å². The van der Waals surface area contributed by atoms with Crippen molar-refractivity contribution in [2.24, 2.45) is 0 Å². The predicted molar refractivity (Wildman–Crippen MR) is 56.1 cm³/mol. The fourth-order valence-electron chi connectivity index (χ4n) is 2.07. The summed E-state index contributed by atoms with van der Waals surface area (Å²) in [6.07, 6.45) is 0.972. The summed E-state index contributed by atoms with van der Waals surface area (Å²) < 4.78 is 31.9. The van der Waals surface area contributed by atoms with Crippen molar-refractivity contribution in [3.63, 3.8) is 0 Å². The molecule has 1 aromatic rings. The van der Waals surface area contributed by atoms with Crippen molar-refractivity contribution >= 4 is 5.97 Å². The fourth-order valence-corrected chi connectivity index (χ4v) is 2.07. The van der Waals surface area contributed by atoms with Crippen LogP contribution in [0, 0.1) is 11.6 Å². The first kappa shape index (κ1) is 11.8. The molecule has 0 aliphatic heterocycles. The van der Waals surface area contributed by atoms with Crippen LogP contribution in [0.2, 0.25) is 0 Å². The quantitative estimate of drug-likeness (QED) is 0.882. The third-order valence-electron chi connectivity index (χ3n) is 3.16. The van der Waals surface area contributed by atoms with Crippen LogP contribution in [0.5, 0.6) is 5.75 Å². The lowest BCUT2D eigenvalue weighted by atomic mass is 9.91. The van der Waals surface area contributed by atoms with Gasteiger partial charge in [0, 0.05) is 11.5 Å². The molecule has 3 nitrogen and oxygen atoms in total. The third kappa shape index (κ3) is 2.09. The van der Waals surface area contributed by atoms with Gasteiger partial charge in [-0.3, -0.25) is 4.79 Å². The van der Waals surface area contributed by atoms with E-state index in [4.69, 9.17) is 5.11 Å². The zero-order chi connectivity index (χ0) is 12.6. The number of methoxy groups -OCH3 is 1. The van der Waals surface area contributed by atoms with Gasteiger partial charge in [0.1, 0.15) is 5.82 Å². The number of carboxylic acid groups (broad SMARTS) is 1. The number of hydrogen-bond donors (Lipinski definition) is 1. The van der Waals surface area contributed by atoms with Crippen molar-refractivity contribution in [1.82, 2.24) is 0 Å². The van der Waals surface area contributed by atoms with Gasteiger partial charge in [-0.25, -0.2) is 8.78 Å². The van der Waals surface area contributed by atoms with E-state index in [9.17, 15) is 13.6 Å². The van der Waals surface area contributed by atoms with Gasteiger partial charge in [0.15, 0.2) is 11.6 Å². The Morgan fingerprint density at radius 3 is 2.53 bits per heavy atom. The zero-order valence-corrected chi connectivity index (χ0v) is 9.30. The molecule has 5 heteroatoms. The molecule has 1 aliphatic carbocycles. The molecule has 1 saturated carbocycles. The molecule has 1 N–H and O–H groups in total. The normalized spacial score (nSPS) is 16.6. The number of ether oxygens (including phenoxy) is 1. The molecular formula is C12H12F2O3. The second-order valence-corrected chi connectivity index (χ2v) is 4.32. The molecule has 92 valence electrons. The van der Waals surface area contributed by atoms with Gasteiger partial charge < -0.3 is 9.84 Å². The lowest BCUT2D eigenvalue weighted by Gasteiger charge is -2.15. The Hall–Kier alpha value is -1.65. The maximum Gasteiger partial charge on any atom is 0.304 e. The van der Waals surface area contributed by atoms with Gasteiger partial charge in [-0.05, 0) is 24.5 Å². The van der Waals surface area contributed by atoms with Gasteiger partial charge in [-0.1, -0.05) is 0 Å². The summed E-state index contributed by atoms with van der Waals surface area (Å²) in [5.74, 6) is -2.45. The van der Waals surface area contributed by atoms with E-state index in [-0.39, 0.29) is 17.7 Å². The molecule has 0 spiro atoms. The van der Waals surface area contributed by atoms with Gasteiger partial charge in [-0.2, -0.15) is 0 Å². The van der Waals surface area contributed by atoms with E-state index in [0.717, 1.165) is 12.1 Å². The third-order valence-corrected chi connectivity index (χ3v) is 3.16. The maximum absolute atomic E-state index is 13.8. The Labute approximate surface area is 97.0 Å². The van der Waals surface area contributed by atoms with E-state index >= 15 is 0 Å². The van der Waals surface area contributed by atoms with Crippen molar-refractivity contribution in [2.75, 3.05) is 7.11 Å². The largest absolute Gasteiger partial charge is 0.494 e. The van der Waals surface area contributed by atoms with E-state index in [0.29, 0.717) is 12.8 Å². The monoisotopic (exact) mass is 242 g/mol. The summed E-state index contributed by atoms with van der Waals surface area (Å²) in [7, 11) is 1.25. The molecule has 1 aliphatic rings. The number of halogens is 2. The highest BCUT2D eigenvalue weighted by Gasteiger charge is 2.48. The number of carbonyl (C=O) groups is 1. The second-order valence-electron chi connectivity index (χ2n) is 4.32. The topological polar surface area (TPSA) is 46.5 Å². The molecule has 0 aromatic heterocycles. The van der Waals surface area contributed by atoms with Crippen molar-refractivity contribution in [3.8, 4) is 5.75 Å². The van der Waals surface area contributed by atoms with Crippen molar-refractivity contribution in [2.45, 2.75) is 24.7 Å². The average molecular weight is 242 g/mol. The standard InChI is InChI=1S/C12H12F2O3/c1-17-10-5-8(13)7(4-9(10)14)12(2-3-12)6-11(15)16/h4-5H,2-3,6H2,1H3,(H,15,16). The molecule has 0 atom stereocenters. The highest BCUT2D eigenvalue weighted by atomic mass is 19.1. The van der Waals surface area contributed by atoms with Crippen LogP contribution in [0.25, 0.3) is 0 Å². The van der Waals surface area contributed by atoms with E-state index in [1.54, 1.807) is 0 Å². The number of benzene rings is 1. The molecule has 0 amide bonds. The smallest absolute Gasteiger partial charge is 0.304 e. The Kier molecular flexibility index (Phi) is 2.77. The predicted octanol–water partition coefficient (Wildman–Crippen LogP) is 2.48. The van der Waals surface area contributed by atoms with Crippen LogP contribution < -0.4 is 4.74 Å². The average Bonchev–Trinajstić information content (AvgIpc) is 3.00. The van der Waals surface area contributed by atoms with Gasteiger partial charge in [0.25, 0.3) is 0 Å². The Bertz CT molecular complexity index is 467. The lowest BCUT2D eigenvalue weighted by Crippen LogP contribution is -2.15. The van der Waals surface area contributed by atoms with E-state index in [1.807, 2.05) is 0 Å². The number of hydrogen-bond acceptors (Lipinski definition) is 2. The SMILES string of the molecule is COc1cc(F)c(C2(CC(=O)O)CC2)cc1F. The minimum absolute atomic E-state index is 0.137. The number of aliphatic carboxylic acids is 1. The molecule has 0 saturated heterocycles. The van der Waals surface area contributed by atoms with Crippen LogP contribution in [-0.2, 0) is 10.2 Å². The molecule has 0 radical (unpaired) electrons. The molecule has 0 bridgehead atoms. The van der Waals surface area contributed by atoms with Crippen LogP contribution in [0.1, 0.15) is 24.8 Å². The first-order valence-corrected chi connectivity index (χ1v) is 5.24. The molecular weight excluding hydrogens is 230 g/mol. The van der Waals surface area contributed by atoms with E-state index in [2.05, 4.69) is 4.74 Å². The minimum Gasteiger partial charge on any atom is -0.494 e. The fraction of sp³-hybridized carbons (Fsp3) is 0.417. The summed E-state index contributed by atoms with van der Waals surface area (Å²) in [5.41, 5.74) is -0.596. The molecule has 1 aromatic carbocycles. The molecule has 0 heterocycles. The van der Waals surface area contributed by atoms with Gasteiger partial charge >= 0.3 is 5.97 Å². The maximum atomic E-state index is 13.8.